The van der Waals surface area contributed by atoms with Crippen molar-refractivity contribution in [2.75, 3.05) is 13.1 Å². The summed E-state index contributed by atoms with van der Waals surface area (Å²) < 4.78 is 11.6. The lowest BCUT2D eigenvalue weighted by Gasteiger charge is -2.17. The fraction of sp³-hybridized carbons (Fsp3) is 0.278. The Hall–Kier alpha value is -2.41. The summed E-state index contributed by atoms with van der Waals surface area (Å²) >= 11 is 3.40. The van der Waals surface area contributed by atoms with Crippen molar-refractivity contribution >= 4 is 27.8 Å². The third-order valence-corrected chi connectivity index (χ3v) is 4.40. The lowest BCUT2D eigenvalue weighted by atomic mass is 10.2. The molecular weight excluding hydrogens is 388 g/mol. The van der Waals surface area contributed by atoms with Crippen molar-refractivity contribution in [3.05, 3.63) is 52.6 Å². The Morgan fingerprint density at radius 3 is 2.68 bits per heavy atom. The van der Waals surface area contributed by atoms with E-state index in [1.807, 2.05) is 12.1 Å². The molecular formula is C18H17BrN2O4. The highest BCUT2D eigenvalue weighted by Gasteiger charge is 2.29. The quantitative estimate of drug-likeness (QED) is 0.578. The maximum Gasteiger partial charge on any atom is 0.308 e. The second-order valence-corrected chi connectivity index (χ2v) is 6.54. The Morgan fingerprint density at radius 1 is 1.24 bits per heavy atom. The number of rotatable bonds is 4. The Morgan fingerprint density at radius 2 is 2.00 bits per heavy atom. The minimum Gasteiger partial charge on any atom is -0.472 e. The molecule has 1 aromatic heterocycles. The van der Waals surface area contributed by atoms with Crippen LogP contribution in [0.25, 0.3) is 0 Å². The van der Waals surface area contributed by atoms with Crippen LogP contribution in [0.15, 0.2) is 47.1 Å². The van der Waals surface area contributed by atoms with Crippen molar-refractivity contribution in [2.45, 2.75) is 19.4 Å². The van der Waals surface area contributed by atoms with Crippen LogP contribution >= 0.6 is 15.9 Å². The van der Waals surface area contributed by atoms with Gasteiger partial charge in [-0.15, -0.1) is 0 Å². The SMILES string of the molecule is CC(=O)Oc1ccc(C(=O)N2CCC(Oc3ncccc3Br)C2)cc1. The van der Waals surface area contributed by atoms with Gasteiger partial charge in [-0.2, -0.15) is 0 Å². The molecule has 25 heavy (non-hydrogen) atoms. The van der Waals surface area contributed by atoms with Gasteiger partial charge in [0.05, 0.1) is 11.0 Å². The first kappa shape index (κ1) is 17.4. The van der Waals surface area contributed by atoms with Gasteiger partial charge < -0.3 is 14.4 Å². The number of likely N-dealkylation sites (tertiary alicyclic amines) is 1. The number of aromatic nitrogens is 1. The van der Waals surface area contributed by atoms with E-state index < -0.39 is 0 Å². The maximum atomic E-state index is 12.6. The first-order valence-electron chi connectivity index (χ1n) is 7.88. The summed E-state index contributed by atoms with van der Waals surface area (Å²) in [7, 11) is 0. The summed E-state index contributed by atoms with van der Waals surface area (Å²) in [5.41, 5.74) is 0.551. The topological polar surface area (TPSA) is 68.7 Å². The van der Waals surface area contributed by atoms with Crippen LogP contribution in [0.3, 0.4) is 0 Å². The molecule has 0 saturated carbocycles. The van der Waals surface area contributed by atoms with Gasteiger partial charge in [0.25, 0.3) is 5.91 Å². The number of carbonyl (C=O) groups excluding carboxylic acids is 2. The van der Waals surface area contributed by atoms with E-state index in [2.05, 4.69) is 20.9 Å². The standard InChI is InChI=1S/C18H17BrN2O4/c1-12(22)24-14-6-4-13(5-7-14)18(23)21-10-8-15(11-21)25-17-16(19)3-2-9-20-17/h2-7,9,15H,8,10-11H2,1H3. The van der Waals surface area contributed by atoms with E-state index in [0.29, 0.717) is 30.3 Å². The maximum absolute atomic E-state index is 12.6. The summed E-state index contributed by atoms with van der Waals surface area (Å²) in [5.74, 6) is 0.499. The third kappa shape index (κ3) is 4.36. The van der Waals surface area contributed by atoms with Gasteiger partial charge in [0.2, 0.25) is 5.88 Å². The highest BCUT2D eigenvalue weighted by molar-refractivity contribution is 9.10. The Kier molecular flexibility index (Phi) is 5.33. The molecule has 1 aliphatic rings. The summed E-state index contributed by atoms with van der Waals surface area (Å²) in [4.78, 5) is 29.5. The average Bonchev–Trinajstić information content (AvgIpc) is 3.05. The normalized spacial score (nSPS) is 16.6. The van der Waals surface area contributed by atoms with Crippen LogP contribution in [0.1, 0.15) is 23.7 Å². The molecule has 1 atom stereocenters. The first-order valence-corrected chi connectivity index (χ1v) is 8.67. The van der Waals surface area contributed by atoms with E-state index in [4.69, 9.17) is 9.47 Å². The van der Waals surface area contributed by atoms with Crippen molar-refractivity contribution in [3.8, 4) is 11.6 Å². The number of esters is 1. The van der Waals surface area contributed by atoms with Crippen molar-refractivity contribution in [1.82, 2.24) is 9.88 Å². The lowest BCUT2D eigenvalue weighted by molar-refractivity contribution is -0.131. The van der Waals surface area contributed by atoms with Crippen LogP contribution in [-0.4, -0.2) is 41.0 Å². The zero-order chi connectivity index (χ0) is 17.8. The molecule has 1 unspecified atom stereocenters. The van der Waals surface area contributed by atoms with Crippen LogP contribution in [0.5, 0.6) is 11.6 Å². The first-order chi connectivity index (χ1) is 12.0. The van der Waals surface area contributed by atoms with Crippen molar-refractivity contribution in [2.24, 2.45) is 0 Å². The van der Waals surface area contributed by atoms with Crippen LogP contribution in [0.4, 0.5) is 0 Å². The molecule has 1 aliphatic heterocycles. The summed E-state index contributed by atoms with van der Waals surface area (Å²) in [6.45, 7) is 2.47. The Balaban J connectivity index is 1.60. The number of benzene rings is 1. The molecule has 130 valence electrons. The van der Waals surface area contributed by atoms with Crippen molar-refractivity contribution < 1.29 is 19.1 Å². The molecule has 0 N–H and O–H groups in total. The highest BCUT2D eigenvalue weighted by Crippen LogP contribution is 2.25. The molecule has 0 bridgehead atoms. The van der Waals surface area contributed by atoms with Gasteiger partial charge in [0.1, 0.15) is 11.9 Å². The van der Waals surface area contributed by atoms with Crippen LogP contribution in [-0.2, 0) is 4.79 Å². The molecule has 1 aromatic carbocycles. The highest BCUT2D eigenvalue weighted by atomic mass is 79.9. The van der Waals surface area contributed by atoms with Gasteiger partial charge in [0, 0.05) is 31.6 Å². The second kappa shape index (κ2) is 7.65. The van der Waals surface area contributed by atoms with E-state index in [1.54, 1.807) is 35.4 Å². The molecule has 1 fully saturated rings. The minimum absolute atomic E-state index is 0.0689. The van der Waals surface area contributed by atoms with Gasteiger partial charge in [-0.25, -0.2) is 4.98 Å². The van der Waals surface area contributed by atoms with E-state index in [-0.39, 0.29) is 18.0 Å². The zero-order valence-corrected chi connectivity index (χ0v) is 15.2. The Labute approximate surface area is 153 Å². The molecule has 7 heteroatoms. The largest absolute Gasteiger partial charge is 0.472 e. The fourth-order valence-corrected chi connectivity index (χ4v) is 2.99. The smallest absolute Gasteiger partial charge is 0.308 e. The summed E-state index contributed by atoms with van der Waals surface area (Å²) in [6, 6.07) is 10.2. The van der Waals surface area contributed by atoms with E-state index >= 15 is 0 Å². The van der Waals surface area contributed by atoms with E-state index in [1.165, 1.54) is 6.92 Å². The van der Waals surface area contributed by atoms with Gasteiger partial charge in [-0.05, 0) is 52.3 Å². The monoisotopic (exact) mass is 404 g/mol. The number of carbonyl (C=O) groups is 2. The minimum atomic E-state index is -0.390. The molecule has 0 spiro atoms. The van der Waals surface area contributed by atoms with E-state index in [9.17, 15) is 9.59 Å². The number of halogens is 1. The van der Waals surface area contributed by atoms with E-state index in [0.717, 1.165) is 10.9 Å². The average molecular weight is 405 g/mol. The molecule has 2 heterocycles. The number of ether oxygens (including phenoxy) is 2. The number of amides is 1. The third-order valence-electron chi connectivity index (χ3n) is 3.80. The molecule has 1 amide bonds. The van der Waals surface area contributed by atoms with Gasteiger partial charge in [-0.3, -0.25) is 9.59 Å². The van der Waals surface area contributed by atoms with Crippen molar-refractivity contribution in [1.29, 1.82) is 0 Å². The van der Waals surface area contributed by atoms with Crippen LogP contribution in [0.2, 0.25) is 0 Å². The van der Waals surface area contributed by atoms with Gasteiger partial charge in [-0.1, -0.05) is 0 Å². The second-order valence-electron chi connectivity index (χ2n) is 5.69. The van der Waals surface area contributed by atoms with Crippen molar-refractivity contribution in [3.63, 3.8) is 0 Å². The van der Waals surface area contributed by atoms with Gasteiger partial charge >= 0.3 is 5.97 Å². The fourth-order valence-electron chi connectivity index (χ4n) is 2.64. The molecule has 0 aliphatic carbocycles. The molecule has 0 radical (unpaired) electrons. The molecule has 1 saturated heterocycles. The number of nitrogens with zero attached hydrogens (tertiary/aromatic N) is 2. The van der Waals surface area contributed by atoms with Gasteiger partial charge in [0.15, 0.2) is 0 Å². The number of hydrogen-bond donors (Lipinski definition) is 0. The predicted octanol–water partition coefficient (Wildman–Crippen LogP) is 3.06. The molecule has 6 nitrogen and oxygen atoms in total. The number of hydrogen-bond acceptors (Lipinski definition) is 5. The van der Waals surface area contributed by atoms with Crippen LogP contribution < -0.4 is 9.47 Å². The Bertz CT molecular complexity index is 779. The summed E-state index contributed by atoms with van der Waals surface area (Å²) in [6.07, 6.45) is 2.33. The zero-order valence-electron chi connectivity index (χ0n) is 13.6. The molecule has 2 aromatic rings. The number of pyridine rings is 1. The summed E-state index contributed by atoms with van der Waals surface area (Å²) in [5, 5.41) is 0. The van der Waals surface area contributed by atoms with Crippen LogP contribution in [0, 0.1) is 0 Å². The predicted molar refractivity (Wildman–Crippen MR) is 94.6 cm³/mol. The lowest BCUT2D eigenvalue weighted by Crippen LogP contribution is -2.31. The molecule has 3 rings (SSSR count).